The zero-order valence-corrected chi connectivity index (χ0v) is 14.0. The van der Waals surface area contributed by atoms with Gasteiger partial charge in [-0.05, 0) is 13.0 Å². The van der Waals surface area contributed by atoms with Gasteiger partial charge in [0.1, 0.15) is 5.69 Å². The molecule has 8 heteroatoms. The van der Waals surface area contributed by atoms with Gasteiger partial charge in [-0.1, -0.05) is 29.8 Å². The molecule has 0 radical (unpaired) electrons. The third-order valence-corrected chi connectivity index (χ3v) is 4.19. The Kier molecular flexibility index (Phi) is 4.35. The summed E-state index contributed by atoms with van der Waals surface area (Å²) >= 11 is 6.08. The third-order valence-electron chi connectivity index (χ3n) is 3.74. The molecule has 0 saturated heterocycles. The summed E-state index contributed by atoms with van der Waals surface area (Å²) in [4.78, 5) is 24.6. The van der Waals surface area contributed by atoms with Gasteiger partial charge in [0.25, 0.3) is 11.5 Å². The predicted molar refractivity (Wildman–Crippen MR) is 91.3 cm³/mol. The summed E-state index contributed by atoms with van der Waals surface area (Å²) in [5.74, 6) is -0.336. The van der Waals surface area contributed by atoms with Gasteiger partial charge in [-0.3, -0.25) is 14.3 Å². The highest BCUT2D eigenvalue weighted by Gasteiger charge is 2.18. The van der Waals surface area contributed by atoms with Crippen molar-refractivity contribution in [2.45, 2.75) is 13.5 Å². The average molecular weight is 346 g/mol. The molecule has 0 saturated carbocycles. The molecule has 0 aliphatic rings. The highest BCUT2D eigenvalue weighted by Crippen LogP contribution is 2.18. The first kappa shape index (κ1) is 16.2. The number of hydrogen-bond donors (Lipinski definition) is 1. The molecule has 0 unspecified atom stereocenters. The second-order valence-corrected chi connectivity index (χ2v) is 5.77. The van der Waals surface area contributed by atoms with Gasteiger partial charge in [-0.15, -0.1) is 0 Å². The van der Waals surface area contributed by atoms with Crippen LogP contribution in [-0.2, 0) is 13.6 Å². The fraction of sp³-hybridized carbons (Fsp3) is 0.250. The van der Waals surface area contributed by atoms with Gasteiger partial charge in [0.15, 0.2) is 0 Å². The number of hydrogen-bond acceptors (Lipinski definition) is 4. The summed E-state index contributed by atoms with van der Waals surface area (Å²) in [7, 11) is 1.66. The summed E-state index contributed by atoms with van der Waals surface area (Å²) in [6, 6.07) is 7.26. The number of aromatic nitrogens is 4. The molecule has 2 heterocycles. The van der Waals surface area contributed by atoms with Crippen LogP contribution >= 0.6 is 11.6 Å². The van der Waals surface area contributed by atoms with Crippen molar-refractivity contribution < 1.29 is 4.79 Å². The second kappa shape index (κ2) is 6.45. The normalized spacial score (nSPS) is 11.0. The number of rotatable bonds is 4. The number of benzene rings is 1. The summed E-state index contributed by atoms with van der Waals surface area (Å²) in [5, 5.41) is 12.7. The van der Waals surface area contributed by atoms with Gasteiger partial charge in [-0.25, -0.2) is 4.68 Å². The number of carbonyl (C=O) groups excluding carboxylic acids is 1. The quantitative estimate of drug-likeness (QED) is 0.777. The molecule has 0 atom stereocenters. The molecule has 0 spiro atoms. The minimum atomic E-state index is -0.336. The lowest BCUT2D eigenvalue weighted by atomic mass is 10.2. The van der Waals surface area contributed by atoms with Crippen molar-refractivity contribution in [2.75, 3.05) is 6.54 Å². The number of nitrogens with one attached hydrogen (secondary N) is 1. The maximum absolute atomic E-state index is 12.3. The van der Waals surface area contributed by atoms with Gasteiger partial charge in [-0.2, -0.15) is 10.2 Å². The van der Waals surface area contributed by atoms with E-state index < -0.39 is 0 Å². The molecule has 3 rings (SSSR count). The monoisotopic (exact) mass is 345 g/mol. The molecule has 3 aromatic rings. The Morgan fingerprint density at radius 1 is 1.33 bits per heavy atom. The highest BCUT2D eigenvalue weighted by atomic mass is 35.5. The molecule has 1 aromatic carbocycles. The molecule has 0 aliphatic heterocycles. The van der Waals surface area contributed by atoms with Crippen LogP contribution in [0, 0.1) is 6.92 Å². The van der Waals surface area contributed by atoms with Crippen LogP contribution in [0.15, 0.2) is 35.3 Å². The second-order valence-electron chi connectivity index (χ2n) is 5.39. The predicted octanol–water partition coefficient (Wildman–Crippen LogP) is 1.52. The topological polar surface area (TPSA) is 81.8 Å². The molecule has 124 valence electrons. The maximum atomic E-state index is 12.3. The third kappa shape index (κ3) is 2.90. The Labute approximate surface area is 142 Å². The summed E-state index contributed by atoms with van der Waals surface area (Å²) < 4.78 is 2.77. The number of carbonyl (C=O) groups is 1. The van der Waals surface area contributed by atoms with Crippen LogP contribution in [0.3, 0.4) is 0 Å². The van der Waals surface area contributed by atoms with Crippen LogP contribution in [0.25, 0.3) is 10.8 Å². The van der Waals surface area contributed by atoms with Crippen LogP contribution in [0.2, 0.25) is 5.02 Å². The van der Waals surface area contributed by atoms with Gasteiger partial charge < -0.3 is 5.32 Å². The summed E-state index contributed by atoms with van der Waals surface area (Å²) in [6.45, 7) is 2.26. The molecular formula is C16H16ClN5O2. The minimum absolute atomic E-state index is 0.184. The first-order chi connectivity index (χ1) is 11.5. The maximum Gasteiger partial charge on any atom is 0.274 e. The minimum Gasteiger partial charge on any atom is -0.349 e. The van der Waals surface area contributed by atoms with Gasteiger partial charge in [0.2, 0.25) is 0 Å². The number of fused-ring (bicyclic) bond motifs is 1. The zero-order valence-electron chi connectivity index (χ0n) is 13.3. The van der Waals surface area contributed by atoms with Crippen molar-refractivity contribution in [1.29, 1.82) is 0 Å². The molecule has 0 bridgehead atoms. The molecule has 1 N–H and O–H groups in total. The van der Waals surface area contributed by atoms with E-state index in [4.69, 9.17) is 11.6 Å². The van der Waals surface area contributed by atoms with E-state index in [2.05, 4.69) is 15.5 Å². The summed E-state index contributed by atoms with van der Waals surface area (Å²) in [5.41, 5.74) is 0.710. The lowest BCUT2D eigenvalue weighted by Gasteiger charge is -2.08. The van der Waals surface area contributed by atoms with Crippen LogP contribution in [0.4, 0.5) is 0 Å². The van der Waals surface area contributed by atoms with Crippen molar-refractivity contribution in [3.05, 3.63) is 57.2 Å². The van der Waals surface area contributed by atoms with E-state index in [-0.39, 0.29) is 24.6 Å². The van der Waals surface area contributed by atoms with Crippen LogP contribution in [0.1, 0.15) is 16.2 Å². The van der Waals surface area contributed by atoms with E-state index in [1.807, 2.05) is 18.2 Å². The fourth-order valence-electron chi connectivity index (χ4n) is 2.52. The molecule has 24 heavy (non-hydrogen) atoms. The largest absolute Gasteiger partial charge is 0.349 e. The fourth-order valence-corrected chi connectivity index (χ4v) is 2.77. The number of nitrogens with zero attached hydrogens (tertiary/aromatic N) is 4. The first-order valence-corrected chi connectivity index (χ1v) is 7.79. The molecule has 0 aliphatic carbocycles. The molecular weight excluding hydrogens is 330 g/mol. The number of amides is 1. The Morgan fingerprint density at radius 3 is 2.79 bits per heavy atom. The highest BCUT2D eigenvalue weighted by molar-refractivity contribution is 6.34. The van der Waals surface area contributed by atoms with Crippen molar-refractivity contribution in [1.82, 2.24) is 24.9 Å². The molecule has 1 amide bonds. The Hall–Kier alpha value is -2.67. The average Bonchev–Trinajstić information content (AvgIpc) is 2.82. The molecule has 7 nitrogen and oxygen atoms in total. The number of aryl methyl sites for hydroxylation is 2. The van der Waals surface area contributed by atoms with E-state index in [1.165, 1.54) is 9.36 Å². The van der Waals surface area contributed by atoms with Gasteiger partial charge in [0, 0.05) is 19.0 Å². The standard InChI is InChI=1S/C16H16ClN5O2/c1-10-13(17)14(21(2)20-10)15(23)18-7-8-22-16(24)12-6-4-3-5-11(12)9-19-22/h3-6,9H,7-8H2,1-2H3,(H,18,23). The Morgan fingerprint density at radius 2 is 2.08 bits per heavy atom. The lowest BCUT2D eigenvalue weighted by molar-refractivity contribution is 0.0942. The number of halogens is 1. The van der Waals surface area contributed by atoms with Crippen molar-refractivity contribution >= 4 is 28.3 Å². The van der Waals surface area contributed by atoms with E-state index >= 15 is 0 Å². The van der Waals surface area contributed by atoms with Crippen LogP contribution in [-0.4, -0.2) is 32.0 Å². The Bertz CT molecular complexity index is 976. The van der Waals surface area contributed by atoms with Gasteiger partial charge in [0.05, 0.1) is 28.8 Å². The zero-order chi connectivity index (χ0) is 17.3. The van der Waals surface area contributed by atoms with E-state index in [9.17, 15) is 9.59 Å². The van der Waals surface area contributed by atoms with E-state index in [0.717, 1.165) is 5.39 Å². The molecule has 0 fully saturated rings. The SMILES string of the molecule is Cc1nn(C)c(C(=O)NCCn2ncc3ccccc3c2=O)c1Cl. The van der Waals surface area contributed by atoms with E-state index in [1.54, 1.807) is 26.2 Å². The van der Waals surface area contributed by atoms with Crippen molar-refractivity contribution in [3.8, 4) is 0 Å². The molecule has 2 aromatic heterocycles. The van der Waals surface area contributed by atoms with Crippen molar-refractivity contribution in [3.63, 3.8) is 0 Å². The van der Waals surface area contributed by atoms with Gasteiger partial charge >= 0.3 is 0 Å². The van der Waals surface area contributed by atoms with Crippen LogP contribution < -0.4 is 10.9 Å². The summed E-state index contributed by atoms with van der Waals surface area (Å²) in [6.07, 6.45) is 1.64. The van der Waals surface area contributed by atoms with Crippen molar-refractivity contribution in [2.24, 2.45) is 7.05 Å². The van der Waals surface area contributed by atoms with Crippen LogP contribution in [0.5, 0.6) is 0 Å². The lowest BCUT2D eigenvalue weighted by Crippen LogP contribution is -2.33. The smallest absolute Gasteiger partial charge is 0.274 e. The first-order valence-electron chi connectivity index (χ1n) is 7.41. The van der Waals surface area contributed by atoms with E-state index in [0.29, 0.717) is 21.8 Å². The Balaban J connectivity index is 1.72.